The third-order valence-corrected chi connectivity index (χ3v) is 4.08. The van der Waals surface area contributed by atoms with E-state index in [4.69, 9.17) is 0 Å². The molecule has 8 nitrogen and oxygen atoms in total. The maximum atomic E-state index is 12.4. The number of rotatable bonds is 5. The number of carbonyl (C=O) groups is 1. The fourth-order valence-corrected chi connectivity index (χ4v) is 2.56. The molecule has 0 spiro atoms. The Bertz CT molecular complexity index is 942. The molecule has 1 amide bonds. The average molecular weight is 340 g/mol. The van der Waals surface area contributed by atoms with E-state index in [9.17, 15) is 9.59 Å². The molecule has 0 bridgehead atoms. The summed E-state index contributed by atoms with van der Waals surface area (Å²) < 4.78 is 2.98. The lowest BCUT2D eigenvalue weighted by molar-refractivity contribution is -0.122. The molecule has 0 aliphatic heterocycles. The van der Waals surface area contributed by atoms with Gasteiger partial charge >= 0.3 is 0 Å². The van der Waals surface area contributed by atoms with Crippen molar-refractivity contribution in [1.82, 2.24) is 29.5 Å². The van der Waals surface area contributed by atoms with Crippen molar-refractivity contribution in [3.63, 3.8) is 0 Å². The SMILES string of the molecule is CC[C@@H](NC(=O)Cn1nc(C)c(C)cc1=O)c1cn2cccnc2n1. The van der Waals surface area contributed by atoms with Crippen molar-refractivity contribution in [3.8, 4) is 0 Å². The van der Waals surface area contributed by atoms with Crippen molar-refractivity contribution in [2.75, 3.05) is 0 Å². The van der Waals surface area contributed by atoms with Crippen LogP contribution in [0.1, 0.15) is 36.3 Å². The van der Waals surface area contributed by atoms with Crippen molar-refractivity contribution in [2.45, 2.75) is 39.8 Å². The summed E-state index contributed by atoms with van der Waals surface area (Å²) in [4.78, 5) is 32.9. The minimum Gasteiger partial charge on any atom is -0.346 e. The van der Waals surface area contributed by atoms with Gasteiger partial charge in [-0.15, -0.1) is 0 Å². The first-order valence-corrected chi connectivity index (χ1v) is 8.12. The van der Waals surface area contributed by atoms with Crippen LogP contribution in [0.5, 0.6) is 0 Å². The summed E-state index contributed by atoms with van der Waals surface area (Å²) in [7, 11) is 0. The molecule has 0 aliphatic carbocycles. The lowest BCUT2D eigenvalue weighted by atomic mass is 10.1. The van der Waals surface area contributed by atoms with Crippen molar-refractivity contribution < 1.29 is 4.79 Å². The number of carbonyl (C=O) groups excluding carboxylic acids is 1. The molecule has 3 heterocycles. The molecule has 3 aromatic rings. The summed E-state index contributed by atoms with van der Waals surface area (Å²) in [5.74, 6) is 0.298. The monoisotopic (exact) mass is 340 g/mol. The second-order valence-corrected chi connectivity index (χ2v) is 5.93. The minimum absolute atomic E-state index is 0.123. The molecule has 0 saturated heterocycles. The Labute approximate surface area is 144 Å². The quantitative estimate of drug-likeness (QED) is 0.752. The molecule has 0 unspecified atom stereocenters. The largest absolute Gasteiger partial charge is 0.346 e. The second-order valence-electron chi connectivity index (χ2n) is 5.93. The fourth-order valence-electron chi connectivity index (χ4n) is 2.56. The standard InChI is InChI=1S/C17H20N6O2/c1-4-13(14-9-22-7-5-6-18-17(22)20-14)19-15(24)10-23-16(25)8-11(2)12(3)21-23/h5-9,13H,4,10H2,1-3H3,(H,19,24)/t13-/m1/s1. The summed E-state index contributed by atoms with van der Waals surface area (Å²) in [6, 6.07) is 3.05. The summed E-state index contributed by atoms with van der Waals surface area (Å²) in [5.41, 5.74) is 1.98. The summed E-state index contributed by atoms with van der Waals surface area (Å²) >= 11 is 0. The number of aromatic nitrogens is 5. The van der Waals surface area contributed by atoms with E-state index >= 15 is 0 Å². The molecule has 25 heavy (non-hydrogen) atoms. The van der Waals surface area contributed by atoms with Gasteiger partial charge in [-0.25, -0.2) is 14.6 Å². The number of aryl methyl sites for hydroxylation is 2. The zero-order valence-electron chi connectivity index (χ0n) is 14.4. The second kappa shape index (κ2) is 6.84. The maximum absolute atomic E-state index is 12.4. The van der Waals surface area contributed by atoms with Crippen molar-refractivity contribution in [3.05, 3.63) is 58.0 Å². The molecule has 0 saturated carbocycles. The van der Waals surface area contributed by atoms with E-state index in [2.05, 4.69) is 20.4 Å². The third kappa shape index (κ3) is 3.57. The first-order valence-electron chi connectivity index (χ1n) is 8.12. The Hall–Kier alpha value is -3.03. The van der Waals surface area contributed by atoms with Gasteiger partial charge in [0, 0.05) is 24.7 Å². The minimum atomic E-state index is -0.289. The van der Waals surface area contributed by atoms with Crippen LogP contribution in [0.2, 0.25) is 0 Å². The van der Waals surface area contributed by atoms with Crippen molar-refractivity contribution in [2.24, 2.45) is 0 Å². The number of nitrogens with one attached hydrogen (secondary N) is 1. The zero-order chi connectivity index (χ0) is 18.0. The number of nitrogens with zero attached hydrogens (tertiary/aromatic N) is 5. The van der Waals surface area contributed by atoms with E-state index in [1.165, 1.54) is 10.7 Å². The highest BCUT2D eigenvalue weighted by atomic mass is 16.2. The predicted octanol–water partition coefficient (Wildman–Crippen LogP) is 1.17. The highest BCUT2D eigenvalue weighted by molar-refractivity contribution is 5.76. The van der Waals surface area contributed by atoms with Crippen LogP contribution < -0.4 is 10.9 Å². The van der Waals surface area contributed by atoms with E-state index in [1.807, 2.05) is 39.2 Å². The normalized spacial score (nSPS) is 12.3. The Balaban J connectivity index is 1.76. The Morgan fingerprint density at radius 2 is 2.16 bits per heavy atom. The Morgan fingerprint density at radius 3 is 2.88 bits per heavy atom. The van der Waals surface area contributed by atoms with E-state index in [0.29, 0.717) is 12.2 Å². The number of fused-ring (bicyclic) bond motifs is 1. The van der Waals surface area contributed by atoms with Crippen LogP contribution in [0.4, 0.5) is 0 Å². The number of hydrogen-bond donors (Lipinski definition) is 1. The first kappa shape index (κ1) is 16.8. The number of imidazole rings is 1. The molecule has 3 aromatic heterocycles. The van der Waals surface area contributed by atoms with Gasteiger partial charge in [0.15, 0.2) is 0 Å². The lowest BCUT2D eigenvalue weighted by Crippen LogP contribution is -2.36. The zero-order valence-corrected chi connectivity index (χ0v) is 14.4. The lowest BCUT2D eigenvalue weighted by Gasteiger charge is -2.15. The first-order chi connectivity index (χ1) is 12.0. The summed E-state index contributed by atoms with van der Waals surface area (Å²) in [6.45, 7) is 5.46. The highest BCUT2D eigenvalue weighted by Gasteiger charge is 2.17. The van der Waals surface area contributed by atoms with Gasteiger partial charge in [-0.05, 0) is 31.9 Å². The molecule has 0 fully saturated rings. The highest BCUT2D eigenvalue weighted by Crippen LogP contribution is 2.15. The predicted molar refractivity (Wildman–Crippen MR) is 92.1 cm³/mol. The van der Waals surface area contributed by atoms with Crippen molar-refractivity contribution in [1.29, 1.82) is 0 Å². The molecule has 8 heteroatoms. The molecule has 0 aliphatic rings. The Morgan fingerprint density at radius 1 is 1.36 bits per heavy atom. The third-order valence-electron chi connectivity index (χ3n) is 4.08. The van der Waals surface area contributed by atoms with Crippen LogP contribution in [0.15, 0.2) is 35.5 Å². The van der Waals surface area contributed by atoms with Gasteiger partial charge in [0.05, 0.1) is 17.4 Å². The van der Waals surface area contributed by atoms with Crippen LogP contribution in [-0.4, -0.2) is 30.1 Å². The molecular weight excluding hydrogens is 320 g/mol. The van der Waals surface area contributed by atoms with Crippen molar-refractivity contribution >= 4 is 11.7 Å². The molecule has 3 rings (SSSR count). The van der Waals surface area contributed by atoms with Crippen LogP contribution in [-0.2, 0) is 11.3 Å². The van der Waals surface area contributed by atoms with Crippen LogP contribution in [0, 0.1) is 13.8 Å². The van der Waals surface area contributed by atoms with Gasteiger partial charge in [0.25, 0.3) is 5.56 Å². The fraction of sp³-hybridized carbons (Fsp3) is 0.353. The maximum Gasteiger partial charge on any atom is 0.267 e. The number of hydrogen-bond acceptors (Lipinski definition) is 5. The molecule has 0 radical (unpaired) electrons. The summed E-state index contributed by atoms with van der Waals surface area (Å²) in [6.07, 6.45) is 6.04. The van der Waals surface area contributed by atoms with Gasteiger partial charge in [-0.2, -0.15) is 5.10 Å². The van der Waals surface area contributed by atoms with Crippen LogP contribution in [0.25, 0.3) is 5.78 Å². The van der Waals surface area contributed by atoms with E-state index in [0.717, 1.165) is 17.0 Å². The molecular formula is C17H20N6O2. The van der Waals surface area contributed by atoms with Crippen LogP contribution >= 0.6 is 0 Å². The van der Waals surface area contributed by atoms with E-state index < -0.39 is 0 Å². The molecule has 0 aromatic carbocycles. The topological polar surface area (TPSA) is 94.2 Å². The van der Waals surface area contributed by atoms with E-state index in [1.54, 1.807) is 10.6 Å². The smallest absolute Gasteiger partial charge is 0.267 e. The van der Waals surface area contributed by atoms with Gasteiger partial charge in [0.1, 0.15) is 6.54 Å². The van der Waals surface area contributed by atoms with Gasteiger partial charge in [-0.1, -0.05) is 6.92 Å². The van der Waals surface area contributed by atoms with Gasteiger partial charge in [0.2, 0.25) is 11.7 Å². The summed E-state index contributed by atoms with van der Waals surface area (Å²) in [5, 5.41) is 7.08. The Kier molecular flexibility index (Phi) is 4.60. The average Bonchev–Trinajstić information content (AvgIpc) is 3.01. The van der Waals surface area contributed by atoms with E-state index in [-0.39, 0.29) is 24.1 Å². The van der Waals surface area contributed by atoms with Crippen LogP contribution in [0.3, 0.4) is 0 Å². The number of amides is 1. The molecule has 1 atom stereocenters. The van der Waals surface area contributed by atoms with Gasteiger partial charge < -0.3 is 5.32 Å². The molecule has 1 N–H and O–H groups in total. The molecule has 130 valence electrons. The van der Waals surface area contributed by atoms with Gasteiger partial charge in [-0.3, -0.25) is 14.0 Å².